The van der Waals surface area contributed by atoms with Gasteiger partial charge in [-0.3, -0.25) is 4.79 Å². The molecule has 1 heterocycles. The molecule has 0 aliphatic carbocycles. The Morgan fingerprint density at radius 3 is 2.47 bits per heavy atom. The van der Waals surface area contributed by atoms with Gasteiger partial charge in [0.2, 0.25) is 0 Å². The molecule has 1 atom stereocenters. The molecule has 1 unspecified atom stereocenters. The van der Waals surface area contributed by atoms with Crippen molar-refractivity contribution in [3.05, 3.63) is 34.9 Å². The second-order valence-corrected chi connectivity index (χ2v) is 5.69. The van der Waals surface area contributed by atoms with Crippen molar-refractivity contribution in [1.82, 2.24) is 0 Å². The summed E-state index contributed by atoms with van der Waals surface area (Å²) in [7, 11) is 0. The number of hydrogen-bond donors (Lipinski definition) is 2. The molecule has 0 amide bonds. The average molecular weight is 263 g/mol. The highest BCUT2D eigenvalue weighted by Crippen LogP contribution is 2.38. The van der Waals surface area contributed by atoms with Crippen molar-refractivity contribution in [2.45, 2.75) is 38.1 Å². The van der Waals surface area contributed by atoms with E-state index in [1.54, 1.807) is 0 Å². The number of ether oxygens (including phenoxy) is 1. The van der Waals surface area contributed by atoms with E-state index in [4.69, 9.17) is 10.5 Å². The van der Waals surface area contributed by atoms with Crippen molar-refractivity contribution >= 4 is 5.97 Å². The smallest absolute Gasteiger partial charge is 0.321 e. The van der Waals surface area contributed by atoms with Crippen molar-refractivity contribution in [1.29, 1.82) is 0 Å². The zero-order valence-corrected chi connectivity index (χ0v) is 11.6. The van der Waals surface area contributed by atoms with E-state index in [0.717, 1.165) is 11.1 Å². The van der Waals surface area contributed by atoms with Crippen LogP contribution in [0, 0.1) is 6.92 Å². The van der Waals surface area contributed by atoms with Gasteiger partial charge in [0.1, 0.15) is 6.04 Å². The first kappa shape index (κ1) is 14.0. The lowest BCUT2D eigenvalue weighted by Crippen LogP contribution is -2.62. The Labute approximate surface area is 113 Å². The Kier molecular flexibility index (Phi) is 3.65. The Morgan fingerprint density at radius 1 is 1.42 bits per heavy atom. The summed E-state index contributed by atoms with van der Waals surface area (Å²) in [5, 5.41) is 9.23. The van der Waals surface area contributed by atoms with Crippen LogP contribution in [-0.4, -0.2) is 30.3 Å². The van der Waals surface area contributed by atoms with Crippen LogP contribution in [0.2, 0.25) is 0 Å². The number of aliphatic carboxylic acids is 1. The molecule has 1 saturated heterocycles. The molecular weight excluding hydrogens is 242 g/mol. The highest BCUT2D eigenvalue weighted by molar-refractivity contribution is 5.76. The van der Waals surface area contributed by atoms with E-state index >= 15 is 0 Å². The molecule has 0 aromatic heterocycles. The van der Waals surface area contributed by atoms with Gasteiger partial charge >= 0.3 is 5.97 Å². The number of carboxylic acids is 1. The molecule has 1 aliphatic rings. The number of aryl methyl sites for hydroxylation is 1. The van der Waals surface area contributed by atoms with Gasteiger partial charge in [-0.1, -0.05) is 32.0 Å². The summed E-state index contributed by atoms with van der Waals surface area (Å²) in [6, 6.07) is 5.29. The van der Waals surface area contributed by atoms with Crippen LogP contribution in [0.1, 0.15) is 36.5 Å². The van der Waals surface area contributed by atoms with E-state index in [-0.39, 0.29) is 0 Å². The Balaban J connectivity index is 2.49. The average Bonchev–Trinajstić information content (AvgIpc) is 2.29. The Bertz CT molecular complexity index is 492. The molecule has 0 bridgehead atoms. The standard InChI is InChI=1S/C15H21NO3/c1-9(2)11-5-4-10(3)12(6-11)15(7-19-8-15)13(16)14(17)18/h4-6,9,13H,7-8,16H2,1-3H3,(H,17,18). The van der Waals surface area contributed by atoms with Crippen molar-refractivity contribution < 1.29 is 14.6 Å². The fraction of sp³-hybridized carbons (Fsp3) is 0.533. The van der Waals surface area contributed by atoms with Gasteiger partial charge in [0.25, 0.3) is 0 Å². The lowest BCUT2D eigenvalue weighted by molar-refractivity contribution is -0.148. The van der Waals surface area contributed by atoms with Gasteiger partial charge < -0.3 is 15.6 Å². The van der Waals surface area contributed by atoms with Crippen LogP contribution in [0.3, 0.4) is 0 Å². The van der Waals surface area contributed by atoms with Gasteiger partial charge in [-0.05, 0) is 29.5 Å². The molecular formula is C15H21NO3. The number of hydrogen-bond acceptors (Lipinski definition) is 3. The zero-order chi connectivity index (χ0) is 14.2. The minimum atomic E-state index is -0.974. The van der Waals surface area contributed by atoms with Gasteiger partial charge in [0.15, 0.2) is 0 Å². The van der Waals surface area contributed by atoms with Gasteiger partial charge in [-0.25, -0.2) is 0 Å². The van der Waals surface area contributed by atoms with E-state index in [9.17, 15) is 9.90 Å². The molecule has 1 aliphatic heterocycles. The maximum Gasteiger partial charge on any atom is 0.321 e. The first-order valence-electron chi connectivity index (χ1n) is 6.55. The van der Waals surface area contributed by atoms with Crippen molar-refractivity contribution in [2.24, 2.45) is 5.73 Å². The molecule has 0 saturated carbocycles. The summed E-state index contributed by atoms with van der Waals surface area (Å²) in [6.07, 6.45) is 0. The zero-order valence-electron chi connectivity index (χ0n) is 11.6. The third kappa shape index (κ3) is 2.26. The predicted molar refractivity (Wildman–Crippen MR) is 73.4 cm³/mol. The van der Waals surface area contributed by atoms with Gasteiger partial charge in [-0.15, -0.1) is 0 Å². The molecule has 1 fully saturated rings. The summed E-state index contributed by atoms with van der Waals surface area (Å²) in [5.74, 6) is -0.573. The second-order valence-electron chi connectivity index (χ2n) is 5.69. The molecule has 19 heavy (non-hydrogen) atoms. The lowest BCUT2D eigenvalue weighted by Gasteiger charge is -2.45. The van der Waals surface area contributed by atoms with Crippen LogP contribution in [-0.2, 0) is 14.9 Å². The fourth-order valence-corrected chi connectivity index (χ4v) is 2.60. The fourth-order valence-electron chi connectivity index (χ4n) is 2.60. The molecule has 4 nitrogen and oxygen atoms in total. The molecule has 0 radical (unpaired) electrons. The third-order valence-corrected chi connectivity index (χ3v) is 4.05. The summed E-state index contributed by atoms with van der Waals surface area (Å²) >= 11 is 0. The van der Waals surface area contributed by atoms with Crippen LogP contribution >= 0.6 is 0 Å². The molecule has 2 rings (SSSR count). The van der Waals surface area contributed by atoms with Crippen LogP contribution in [0.4, 0.5) is 0 Å². The van der Waals surface area contributed by atoms with E-state index < -0.39 is 17.4 Å². The van der Waals surface area contributed by atoms with Crippen molar-refractivity contribution in [3.63, 3.8) is 0 Å². The quantitative estimate of drug-likeness (QED) is 0.868. The van der Waals surface area contributed by atoms with E-state index in [1.807, 2.05) is 13.0 Å². The molecule has 1 aromatic rings. The van der Waals surface area contributed by atoms with E-state index in [2.05, 4.69) is 26.0 Å². The predicted octanol–water partition coefficient (Wildman–Crippen LogP) is 1.80. The molecule has 4 heteroatoms. The van der Waals surface area contributed by atoms with Crippen LogP contribution in [0.25, 0.3) is 0 Å². The number of nitrogens with two attached hydrogens (primary N) is 1. The summed E-state index contributed by atoms with van der Waals surface area (Å²) in [6.45, 7) is 6.99. The topological polar surface area (TPSA) is 72.6 Å². The number of benzene rings is 1. The number of rotatable bonds is 4. The monoisotopic (exact) mass is 263 g/mol. The van der Waals surface area contributed by atoms with Crippen LogP contribution in [0.5, 0.6) is 0 Å². The first-order chi connectivity index (χ1) is 8.88. The van der Waals surface area contributed by atoms with E-state index in [1.165, 1.54) is 5.56 Å². The number of carbonyl (C=O) groups is 1. The number of carboxylic acid groups (broad SMARTS) is 1. The second kappa shape index (κ2) is 4.94. The SMILES string of the molecule is Cc1ccc(C(C)C)cc1C1(C(N)C(=O)O)COC1. The highest BCUT2D eigenvalue weighted by atomic mass is 16.5. The van der Waals surface area contributed by atoms with Gasteiger partial charge in [0, 0.05) is 0 Å². The minimum Gasteiger partial charge on any atom is -0.480 e. The van der Waals surface area contributed by atoms with Gasteiger partial charge in [-0.2, -0.15) is 0 Å². The van der Waals surface area contributed by atoms with E-state index in [0.29, 0.717) is 19.1 Å². The molecule has 104 valence electrons. The van der Waals surface area contributed by atoms with Gasteiger partial charge in [0.05, 0.1) is 18.6 Å². The molecule has 0 spiro atoms. The molecule has 1 aromatic carbocycles. The van der Waals surface area contributed by atoms with Crippen LogP contribution in [0.15, 0.2) is 18.2 Å². The Morgan fingerprint density at radius 2 is 2.05 bits per heavy atom. The minimum absolute atomic E-state index is 0.378. The first-order valence-corrected chi connectivity index (χ1v) is 6.55. The largest absolute Gasteiger partial charge is 0.480 e. The van der Waals surface area contributed by atoms with Crippen LogP contribution < -0.4 is 5.73 Å². The molecule has 3 N–H and O–H groups in total. The summed E-state index contributed by atoms with van der Waals surface area (Å²) in [4.78, 5) is 11.3. The van der Waals surface area contributed by atoms with Crippen molar-refractivity contribution in [2.75, 3.05) is 13.2 Å². The summed E-state index contributed by atoms with van der Waals surface area (Å²) in [5.41, 5.74) is 8.61. The summed E-state index contributed by atoms with van der Waals surface area (Å²) < 4.78 is 5.28. The maximum atomic E-state index is 11.3. The van der Waals surface area contributed by atoms with Crippen molar-refractivity contribution in [3.8, 4) is 0 Å². The normalized spacial score (nSPS) is 19.0. The third-order valence-electron chi connectivity index (χ3n) is 4.05. The lowest BCUT2D eigenvalue weighted by atomic mass is 9.70. The highest BCUT2D eigenvalue weighted by Gasteiger charge is 2.49. The maximum absolute atomic E-state index is 11.3. The Hall–Kier alpha value is -1.39.